The molecule has 0 spiro atoms. The first-order valence-corrected chi connectivity index (χ1v) is 5.98. The summed E-state index contributed by atoms with van der Waals surface area (Å²) in [4.78, 5) is 0. The van der Waals surface area contributed by atoms with Gasteiger partial charge in [0, 0.05) is 4.47 Å². The van der Waals surface area contributed by atoms with Crippen molar-refractivity contribution in [1.29, 1.82) is 0 Å². The highest BCUT2D eigenvalue weighted by molar-refractivity contribution is 9.10. The first kappa shape index (κ1) is 11.4. The number of halogens is 1. The molecule has 1 N–H and O–H groups in total. The largest absolute Gasteiger partial charge is 0.467 e. The second-order valence-electron chi connectivity index (χ2n) is 3.74. The summed E-state index contributed by atoms with van der Waals surface area (Å²) in [6.07, 6.45) is 1.70. The summed E-state index contributed by atoms with van der Waals surface area (Å²) in [6.45, 7) is 2.11. The zero-order valence-corrected chi connectivity index (χ0v) is 10.9. The Balaban J connectivity index is 2.44. The lowest BCUT2D eigenvalue weighted by Gasteiger charge is -2.16. The maximum atomic E-state index is 5.46. The van der Waals surface area contributed by atoms with Gasteiger partial charge in [0.1, 0.15) is 5.76 Å². The molecule has 1 heterocycles. The Morgan fingerprint density at radius 1 is 1.31 bits per heavy atom. The average Bonchev–Trinajstić information content (AvgIpc) is 2.78. The van der Waals surface area contributed by atoms with Gasteiger partial charge in [0.2, 0.25) is 0 Å². The van der Waals surface area contributed by atoms with E-state index in [2.05, 4.69) is 40.3 Å². The number of aryl methyl sites for hydroxylation is 1. The van der Waals surface area contributed by atoms with E-state index >= 15 is 0 Å². The van der Waals surface area contributed by atoms with Crippen LogP contribution in [0.3, 0.4) is 0 Å². The molecule has 16 heavy (non-hydrogen) atoms. The van der Waals surface area contributed by atoms with Crippen LogP contribution in [0.4, 0.5) is 0 Å². The van der Waals surface area contributed by atoms with Crippen LogP contribution in [0.25, 0.3) is 0 Å². The van der Waals surface area contributed by atoms with Crippen LogP contribution in [-0.4, -0.2) is 7.05 Å². The van der Waals surface area contributed by atoms with E-state index in [0.29, 0.717) is 0 Å². The number of hydrogen-bond donors (Lipinski definition) is 1. The Bertz CT molecular complexity index is 465. The number of nitrogens with one attached hydrogen (secondary N) is 1. The molecular weight excluding hydrogens is 266 g/mol. The van der Waals surface area contributed by atoms with E-state index in [4.69, 9.17) is 4.42 Å². The highest BCUT2D eigenvalue weighted by Gasteiger charge is 2.16. The Hall–Kier alpha value is -1.06. The zero-order chi connectivity index (χ0) is 11.5. The third kappa shape index (κ3) is 2.20. The van der Waals surface area contributed by atoms with Crippen LogP contribution in [0.1, 0.15) is 22.9 Å². The number of furan rings is 1. The molecule has 1 atom stereocenters. The average molecular weight is 280 g/mol. The molecule has 0 aliphatic rings. The Morgan fingerprint density at radius 3 is 2.75 bits per heavy atom. The zero-order valence-electron chi connectivity index (χ0n) is 9.33. The lowest BCUT2D eigenvalue weighted by molar-refractivity contribution is 0.462. The summed E-state index contributed by atoms with van der Waals surface area (Å²) < 4.78 is 6.54. The normalized spacial score (nSPS) is 12.7. The molecule has 2 rings (SSSR count). The highest BCUT2D eigenvalue weighted by atomic mass is 79.9. The van der Waals surface area contributed by atoms with Crippen molar-refractivity contribution < 1.29 is 4.42 Å². The molecule has 0 bridgehead atoms. The molecule has 1 aromatic carbocycles. The van der Waals surface area contributed by atoms with Crippen LogP contribution < -0.4 is 5.32 Å². The van der Waals surface area contributed by atoms with Crippen molar-refractivity contribution in [3.05, 3.63) is 58.0 Å². The van der Waals surface area contributed by atoms with Gasteiger partial charge >= 0.3 is 0 Å². The summed E-state index contributed by atoms with van der Waals surface area (Å²) in [5.41, 5.74) is 2.48. The molecule has 84 valence electrons. The lowest BCUT2D eigenvalue weighted by Crippen LogP contribution is -2.18. The molecule has 3 heteroatoms. The van der Waals surface area contributed by atoms with E-state index in [-0.39, 0.29) is 6.04 Å². The first-order chi connectivity index (χ1) is 7.72. The number of benzene rings is 1. The Kier molecular flexibility index (Phi) is 3.46. The lowest BCUT2D eigenvalue weighted by atomic mass is 10.00. The quantitative estimate of drug-likeness (QED) is 0.928. The molecule has 0 amide bonds. The minimum Gasteiger partial charge on any atom is -0.467 e. The van der Waals surface area contributed by atoms with Gasteiger partial charge in [-0.25, -0.2) is 0 Å². The van der Waals surface area contributed by atoms with Gasteiger partial charge in [-0.05, 0) is 49.4 Å². The number of hydrogen-bond acceptors (Lipinski definition) is 2. The Labute approximate surface area is 104 Å². The summed E-state index contributed by atoms with van der Waals surface area (Å²) in [7, 11) is 1.94. The van der Waals surface area contributed by atoms with E-state index in [1.165, 1.54) is 11.1 Å². The molecule has 0 aliphatic heterocycles. The van der Waals surface area contributed by atoms with E-state index in [1.54, 1.807) is 6.26 Å². The molecule has 1 aromatic heterocycles. The summed E-state index contributed by atoms with van der Waals surface area (Å²) in [6, 6.07) is 10.3. The smallest absolute Gasteiger partial charge is 0.125 e. The van der Waals surface area contributed by atoms with E-state index in [1.807, 2.05) is 25.2 Å². The van der Waals surface area contributed by atoms with Crippen molar-refractivity contribution in [3.63, 3.8) is 0 Å². The molecule has 0 saturated carbocycles. The van der Waals surface area contributed by atoms with Crippen LogP contribution in [0, 0.1) is 6.92 Å². The van der Waals surface area contributed by atoms with Gasteiger partial charge in [0.05, 0.1) is 12.3 Å². The van der Waals surface area contributed by atoms with E-state index in [9.17, 15) is 0 Å². The molecule has 0 radical (unpaired) electrons. The molecule has 0 fully saturated rings. The van der Waals surface area contributed by atoms with Crippen molar-refractivity contribution >= 4 is 15.9 Å². The maximum Gasteiger partial charge on any atom is 0.125 e. The van der Waals surface area contributed by atoms with Crippen LogP contribution in [0.2, 0.25) is 0 Å². The van der Waals surface area contributed by atoms with Crippen molar-refractivity contribution in [2.75, 3.05) is 7.05 Å². The predicted molar refractivity (Wildman–Crippen MR) is 68.5 cm³/mol. The Morgan fingerprint density at radius 2 is 2.12 bits per heavy atom. The fraction of sp³-hybridized carbons (Fsp3) is 0.231. The fourth-order valence-corrected chi connectivity index (χ4v) is 2.21. The van der Waals surface area contributed by atoms with Crippen molar-refractivity contribution in [2.24, 2.45) is 0 Å². The number of rotatable bonds is 3. The maximum absolute atomic E-state index is 5.46. The highest BCUT2D eigenvalue weighted by Crippen LogP contribution is 2.27. The SMILES string of the molecule is CNC(c1ccco1)c1cc(Br)ccc1C. The van der Waals surface area contributed by atoms with Crippen LogP contribution >= 0.6 is 15.9 Å². The van der Waals surface area contributed by atoms with Gasteiger partial charge in [-0.15, -0.1) is 0 Å². The molecular formula is C13H14BrNO. The monoisotopic (exact) mass is 279 g/mol. The van der Waals surface area contributed by atoms with Gasteiger partial charge in [0.15, 0.2) is 0 Å². The second kappa shape index (κ2) is 4.85. The fourth-order valence-electron chi connectivity index (χ4n) is 1.83. The summed E-state index contributed by atoms with van der Waals surface area (Å²) in [5, 5.41) is 3.27. The second-order valence-corrected chi connectivity index (χ2v) is 4.65. The van der Waals surface area contributed by atoms with E-state index < -0.39 is 0 Å². The topological polar surface area (TPSA) is 25.2 Å². The van der Waals surface area contributed by atoms with Gasteiger partial charge in [-0.3, -0.25) is 0 Å². The van der Waals surface area contributed by atoms with Crippen LogP contribution in [0.5, 0.6) is 0 Å². The van der Waals surface area contributed by atoms with Crippen LogP contribution in [-0.2, 0) is 0 Å². The minimum absolute atomic E-state index is 0.104. The van der Waals surface area contributed by atoms with Gasteiger partial charge in [-0.2, -0.15) is 0 Å². The van der Waals surface area contributed by atoms with Gasteiger partial charge in [-0.1, -0.05) is 22.0 Å². The van der Waals surface area contributed by atoms with Crippen LogP contribution in [0.15, 0.2) is 45.5 Å². The summed E-state index contributed by atoms with van der Waals surface area (Å²) in [5.74, 6) is 0.934. The molecule has 0 aliphatic carbocycles. The van der Waals surface area contributed by atoms with Crippen molar-refractivity contribution in [2.45, 2.75) is 13.0 Å². The third-order valence-corrected chi connectivity index (χ3v) is 3.16. The van der Waals surface area contributed by atoms with Crippen molar-refractivity contribution in [1.82, 2.24) is 5.32 Å². The third-order valence-electron chi connectivity index (χ3n) is 2.67. The van der Waals surface area contributed by atoms with Crippen molar-refractivity contribution in [3.8, 4) is 0 Å². The van der Waals surface area contributed by atoms with Gasteiger partial charge in [0.25, 0.3) is 0 Å². The van der Waals surface area contributed by atoms with Gasteiger partial charge < -0.3 is 9.73 Å². The molecule has 0 saturated heterocycles. The minimum atomic E-state index is 0.104. The predicted octanol–water partition coefficient (Wildman–Crippen LogP) is 3.66. The first-order valence-electron chi connectivity index (χ1n) is 5.19. The molecule has 2 aromatic rings. The standard InChI is InChI=1S/C13H14BrNO/c1-9-5-6-10(14)8-11(9)13(15-2)12-4-3-7-16-12/h3-8,13,15H,1-2H3. The summed E-state index contributed by atoms with van der Waals surface area (Å²) >= 11 is 3.50. The van der Waals surface area contributed by atoms with E-state index in [0.717, 1.165) is 10.2 Å². The molecule has 1 unspecified atom stereocenters. The molecule has 2 nitrogen and oxygen atoms in total.